The molecule has 0 saturated carbocycles. The highest BCUT2D eigenvalue weighted by Crippen LogP contribution is 2.28. The zero-order valence-corrected chi connectivity index (χ0v) is 9.70. The molecular formula is C14H14N2O. The highest BCUT2D eigenvalue weighted by Gasteiger charge is 2.11. The van der Waals surface area contributed by atoms with Crippen LogP contribution in [-0.4, -0.2) is 10.1 Å². The summed E-state index contributed by atoms with van der Waals surface area (Å²) in [6, 6.07) is 9.81. The molecule has 0 unspecified atom stereocenters. The Kier molecular flexibility index (Phi) is 3.27. The van der Waals surface area contributed by atoms with Gasteiger partial charge in [0.2, 0.25) is 0 Å². The maximum Gasteiger partial charge on any atom is 0.125 e. The van der Waals surface area contributed by atoms with Gasteiger partial charge in [0, 0.05) is 11.8 Å². The molecule has 1 heterocycles. The van der Waals surface area contributed by atoms with E-state index in [1.54, 1.807) is 0 Å². The third-order valence-electron chi connectivity index (χ3n) is 2.88. The van der Waals surface area contributed by atoms with Crippen LogP contribution in [0.3, 0.4) is 0 Å². The van der Waals surface area contributed by atoms with Crippen LogP contribution in [0, 0.1) is 11.3 Å². The van der Waals surface area contributed by atoms with E-state index in [1.165, 1.54) is 0 Å². The molecule has 2 rings (SSSR count). The fourth-order valence-electron chi connectivity index (χ4n) is 1.94. The number of hydrogen-bond acceptors (Lipinski definition) is 2. The molecule has 0 saturated heterocycles. The van der Waals surface area contributed by atoms with Crippen LogP contribution in [0.15, 0.2) is 30.5 Å². The van der Waals surface area contributed by atoms with Crippen molar-refractivity contribution in [2.45, 2.75) is 20.0 Å². The van der Waals surface area contributed by atoms with Gasteiger partial charge in [0.15, 0.2) is 0 Å². The van der Waals surface area contributed by atoms with Crippen molar-refractivity contribution in [3.63, 3.8) is 0 Å². The van der Waals surface area contributed by atoms with Crippen LogP contribution in [0.1, 0.15) is 23.7 Å². The number of aromatic amines is 1. The maximum absolute atomic E-state index is 9.07. The molecule has 1 aromatic heterocycles. The summed E-state index contributed by atoms with van der Waals surface area (Å²) in [4.78, 5) is 2.99. The largest absolute Gasteiger partial charge is 0.392 e. The molecule has 1 aromatic carbocycles. The molecule has 3 nitrogen and oxygen atoms in total. The van der Waals surface area contributed by atoms with E-state index in [0.29, 0.717) is 5.69 Å². The van der Waals surface area contributed by atoms with E-state index in [4.69, 9.17) is 10.4 Å². The van der Waals surface area contributed by atoms with Gasteiger partial charge in [-0.3, -0.25) is 0 Å². The summed E-state index contributed by atoms with van der Waals surface area (Å²) in [5, 5.41) is 18.1. The molecule has 2 aromatic rings. The number of rotatable bonds is 3. The normalized spacial score (nSPS) is 10.2. The first-order chi connectivity index (χ1) is 8.30. The Balaban J connectivity index is 2.51. The van der Waals surface area contributed by atoms with Gasteiger partial charge in [-0.05, 0) is 23.1 Å². The number of H-pyrrole nitrogens is 1. The summed E-state index contributed by atoms with van der Waals surface area (Å²) in [6.45, 7) is 2.11. The minimum absolute atomic E-state index is 0.0408. The van der Waals surface area contributed by atoms with Crippen LogP contribution >= 0.6 is 0 Å². The first kappa shape index (κ1) is 11.4. The van der Waals surface area contributed by atoms with Crippen LogP contribution in [0.2, 0.25) is 0 Å². The Morgan fingerprint density at radius 3 is 2.53 bits per heavy atom. The Morgan fingerprint density at radius 2 is 2.00 bits per heavy atom. The van der Waals surface area contributed by atoms with Crippen LogP contribution in [0.25, 0.3) is 11.1 Å². The van der Waals surface area contributed by atoms with Crippen molar-refractivity contribution in [3.05, 3.63) is 47.3 Å². The monoisotopic (exact) mass is 226 g/mol. The lowest BCUT2D eigenvalue weighted by atomic mass is 9.99. The zero-order valence-electron chi connectivity index (χ0n) is 9.70. The van der Waals surface area contributed by atoms with Crippen molar-refractivity contribution in [2.24, 2.45) is 0 Å². The predicted molar refractivity (Wildman–Crippen MR) is 66.2 cm³/mol. The van der Waals surface area contributed by atoms with Crippen LogP contribution in [0.4, 0.5) is 0 Å². The second-order valence-electron chi connectivity index (χ2n) is 3.88. The summed E-state index contributed by atoms with van der Waals surface area (Å²) in [5.74, 6) is 0. The van der Waals surface area contributed by atoms with Gasteiger partial charge >= 0.3 is 0 Å². The Hall–Kier alpha value is -2.05. The lowest BCUT2D eigenvalue weighted by Crippen LogP contribution is -1.87. The SMILES string of the molecule is CCc1c[nH]c(C#N)c1-c1ccc(CO)cc1. The number of aryl methyl sites for hydroxylation is 1. The number of benzene rings is 1. The summed E-state index contributed by atoms with van der Waals surface area (Å²) >= 11 is 0. The van der Waals surface area contributed by atoms with Crippen molar-refractivity contribution in [1.82, 2.24) is 4.98 Å². The van der Waals surface area contributed by atoms with Gasteiger partial charge in [0.25, 0.3) is 0 Å². The number of nitrogens with one attached hydrogen (secondary N) is 1. The molecule has 3 heteroatoms. The third-order valence-corrected chi connectivity index (χ3v) is 2.88. The molecule has 0 fully saturated rings. The quantitative estimate of drug-likeness (QED) is 0.845. The Labute approximate surface area is 100 Å². The molecule has 0 spiro atoms. The summed E-state index contributed by atoms with van der Waals surface area (Å²) in [6.07, 6.45) is 2.77. The Bertz CT molecular complexity index is 547. The maximum atomic E-state index is 9.07. The molecule has 2 N–H and O–H groups in total. The highest BCUT2D eigenvalue weighted by molar-refractivity contribution is 5.73. The number of aliphatic hydroxyl groups is 1. The molecule has 0 aliphatic rings. The number of aliphatic hydroxyl groups excluding tert-OH is 1. The van der Waals surface area contributed by atoms with E-state index >= 15 is 0 Å². The molecule has 0 amide bonds. The van der Waals surface area contributed by atoms with Gasteiger partial charge in [-0.15, -0.1) is 0 Å². The number of aromatic nitrogens is 1. The second kappa shape index (κ2) is 4.86. The van der Waals surface area contributed by atoms with Crippen LogP contribution in [0.5, 0.6) is 0 Å². The topological polar surface area (TPSA) is 59.8 Å². The molecule has 0 radical (unpaired) electrons. The van der Waals surface area contributed by atoms with Gasteiger partial charge in [0.05, 0.1) is 6.61 Å². The van der Waals surface area contributed by atoms with E-state index in [0.717, 1.165) is 28.7 Å². The van der Waals surface area contributed by atoms with Gasteiger partial charge in [-0.25, -0.2) is 0 Å². The second-order valence-corrected chi connectivity index (χ2v) is 3.88. The summed E-state index contributed by atoms with van der Waals surface area (Å²) in [5.41, 5.74) is 4.59. The van der Waals surface area contributed by atoms with Crippen molar-refractivity contribution in [2.75, 3.05) is 0 Å². The Morgan fingerprint density at radius 1 is 1.29 bits per heavy atom. The van der Waals surface area contributed by atoms with Crippen molar-refractivity contribution in [1.29, 1.82) is 5.26 Å². The van der Waals surface area contributed by atoms with Gasteiger partial charge < -0.3 is 10.1 Å². The number of nitrogens with zero attached hydrogens (tertiary/aromatic N) is 1. The highest BCUT2D eigenvalue weighted by atomic mass is 16.3. The molecule has 0 aliphatic heterocycles. The van der Waals surface area contributed by atoms with Crippen LogP contribution in [-0.2, 0) is 13.0 Å². The fourth-order valence-corrected chi connectivity index (χ4v) is 1.94. The summed E-state index contributed by atoms with van der Waals surface area (Å²) in [7, 11) is 0. The minimum atomic E-state index is 0.0408. The average molecular weight is 226 g/mol. The van der Waals surface area contributed by atoms with E-state index < -0.39 is 0 Å². The molecular weight excluding hydrogens is 212 g/mol. The van der Waals surface area contributed by atoms with Gasteiger partial charge in [-0.2, -0.15) is 5.26 Å². The van der Waals surface area contributed by atoms with E-state index in [2.05, 4.69) is 18.0 Å². The number of nitriles is 1. The average Bonchev–Trinajstić information content (AvgIpc) is 2.81. The first-order valence-corrected chi connectivity index (χ1v) is 5.60. The third kappa shape index (κ3) is 2.08. The summed E-state index contributed by atoms with van der Waals surface area (Å²) < 4.78 is 0. The lowest BCUT2D eigenvalue weighted by molar-refractivity contribution is 0.282. The molecule has 0 aliphatic carbocycles. The smallest absolute Gasteiger partial charge is 0.125 e. The molecule has 17 heavy (non-hydrogen) atoms. The predicted octanol–water partition coefficient (Wildman–Crippen LogP) is 2.61. The molecule has 0 bridgehead atoms. The minimum Gasteiger partial charge on any atom is -0.392 e. The number of hydrogen-bond donors (Lipinski definition) is 2. The molecule has 0 atom stereocenters. The zero-order chi connectivity index (χ0) is 12.3. The van der Waals surface area contributed by atoms with Crippen molar-refractivity contribution < 1.29 is 5.11 Å². The van der Waals surface area contributed by atoms with E-state index in [-0.39, 0.29) is 6.61 Å². The standard InChI is InChI=1S/C14H14N2O/c1-2-11-8-16-13(7-15)14(11)12-5-3-10(9-17)4-6-12/h3-6,8,16-17H,2,9H2,1H3. The van der Waals surface area contributed by atoms with E-state index in [9.17, 15) is 0 Å². The van der Waals surface area contributed by atoms with Gasteiger partial charge in [0.1, 0.15) is 11.8 Å². The lowest BCUT2D eigenvalue weighted by Gasteiger charge is -2.04. The van der Waals surface area contributed by atoms with Crippen LogP contribution < -0.4 is 0 Å². The van der Waals surface area contributed by atoms with Crippen molar-refractivity contribution >= 4 is 0 Å². The van der Waals surface area contributed by atoms with Gasteiger partial charge in [-0.1, -0.05) is 31.2 Å². The molecule has 86 valence electrons. The fraction of sp³-hybridized carbons (Fsp3) is 0.214. The van der Waals surface area contributed by atoms with E-state index in [1.807, 2.05) is 30.5 Å². The first-order valence-electron chi connectivity index (χ1n) is 5.60. The van der Waals surface area contributed by atoms with Crippen molar-refractivity contribution in [3.8, 4) is 17.2 Å².